The lowest BCUT2D eigenvalue weighted by atomic mass is 9.85. The Balaban J connectivity index is 1.89. The predicted octanol–water partition coefficient (Wildman–Crippen LogP) is 3.36. The van der Waals surface area contributed by atoms with Crippen molar-refractivity contribution < 1.29 is 9.00 Å². The van der Waals surface area contributed by atoms with E-state index in [9.17, 15) is 9.00 Å². The number of carbonyl (C=O) groups is 1. The van der Waals surface area contributed by atoms with E-state index in [1.807, 2.05) is 18.2 Å². The molecule has 0 saturated carbocycles. The Labute approximate surface area is 153 Å². The molecular weight excluding hydrogens is 358 g/mol. The Kier molecular flexibility index (Phi) is 3.89. The van der Waals surface area contributed by atoms with Crippen molar-refractivity contribution in [3.05, 3.63) is 57.6 Å². The zero-order chi connectivity index (χ0) is 17.7. The van der Waals surface area contributed by atoms with Crippen LogP contribution < -0.4 is 4.72 Å². The second-order valence-electron chi connectivity index (χ2n) is 6.31. The average molecular weight is 374 g/mol. The van der Waals surface area contributed by atoms with Gasteiger partial charge < -0.3 is 4.90 Å². The summed E-state index contributed by atoms with van der Waals surface area (Å²) in [5.74, 6) is -0.184. The molecule has 1 N–H and O–H groups in total. The Morgan fingerprint density at radius 3 is 2.96 bits per heavy atom. The molecule has 1 aliphatic carbocycles. The minimum absolute atomic E-state index is 0.0359. The van der Waals surface area contributed by atoms with Gasteiger partial charge in [-0.2, -0.15) is 0 Å². The molecule has 4 rings (SSSR count). The fraction of sp³-hybridized carbons (Fsp3) is 0.222. The number of hydrogen-bond acceptors (Lipinski definition) is 3. The number of nitrogens with one attached hydrogen (secondary N) is 1. The van der Waals surface area contributed by atoms with Gasteiger partial charge in [-0.05, 0) is 36.3 Å². The van der Waals surface area contributed by atoms with Gasteiger partial charge in [-0.25, -0.2) is 4.21 Å². The molecule has 2 aromatic rings. The third-order valence-electron chi connectivity index (χ3n) is 4.55. The molecule has 1 aliphatic heterocycles. The van der Waals surface area contributed by atoms with E-state index in [0.717, 1.165) is 21.5 Å². The number of hydrogen-bond donors (Lipinski definition) is 1. The number of allylic oxidation sites excluding steroid dienone is 3. The monoisotopic (exact) mass is 373 g/mol. The van der Waals surface area contributed by atoms with Crippen molar-refractivity contribution >= 4 is 45.1 Å². The third-order valence-corrected chi connectivity index (χ3v) is 6.11. The number of likely N-dealkylation sites (N-methyl/N-ethyl adjacent to an activating group) is 1. The molecule has 25 heavy (non-hydrogen) atoms. The number of aromatic nitrogens is 1. The number of benzene rings is 1. The van der Waals surface area contributed by atoms with E-state index in [1.165, 1.54) is 0 Å². The molecular formula is C18H16ClN3O2S. The Hall–Kier alpha value is -2.18. The van der Waals surface area contributed by atoms with Crippen LogP contribution in [0.25, 0.3) is 10.9 Å². The van der Waals surface area contributed by atoms with Crippen molar-refractivity contribution in [3.63, 3.8) is 0 Å². The van der Waals surface area contributed by atoms with Crippen LogP contribution >= 0.6 is 11.6 Å². The lowest BCUT2D eigenvalue weighted by Crippen LogP contribution is -2.29. The van der Waals surface area contributed by atoms with Crippen molar-refractivity contribution in [2.75, 3.05) is 18.8 Å². The lowest BCUT2D eigenvalue weighted by molar-refractivity contribution is -0.124. The summed E-state index contributed by atoms with van der Waals surface area (Å²) < 4.78 is 15.7. The molecule has 128 valence electrons. The van der Waals surface area contributed by atoms with Gasteiger partial charge in [0, 0.05) is 42.1 Å². The summed E-state index contributed by atoms with van der Waals surface area (Å²) in [5, 5.41) is 1.42. The molecule has 0 radical (unpaired) electrons. The molecule has 2 heterocycles. The molecule has 0 fully saturated rings. The standard InChI is InChI=1S/C18H16ClN3O2S/c1-22(2)18(23)10-5-6-15-12(8-10)13-9-14(19)11-4-3-7-20-16(11)17(13)21-25(15)24/h3-7,9,12,21H,8H2,1-2H3. The summed E-state index contributed by atoms with van der Waals surface area (Å²) in [7, 11) is 2.09. The van der Waals surface area contributed by atoms with E-state index in [1.54, 1.807) is 37.3 Å². The molecule has 0 bridgehead atoms. The van der Waals surface area contributed by atoms with E-state index in [2.05, 4.69) is 9.71 Å². The predicted molar refractivity (Wildman–Crippen MR) is 101 cm³/mol. The number of amides is 1. The number of halogens is 1. The third kappa shape index (κ3) is 2.56. The maximum Gasteiger partial charge on any atom is 0.249 e. The Morgan fingerprint density at radius 2 is 2.20 bits per heavy atom. The van der Waals surface area contributed by atoms with Crippen LogP contribution in [0.1, 0.15) is 17.9 Å². The van der Waals surface area contributed by atoms with Crippen LogP contribution in [-0.2, 0) is 15.8 Å². The van der Waals surface area contributed by atoms with Gasteiger partial charge in [-0.3, -0.25) is 14.5 Å². The number of anilines is 1. The van der Waals surface area contributed by atoms with Gasteiger partial charge in [-0.1, -0.05) is 17.7 Å². The minimum Gasteiger partial charge on any atom is -0.345 e. The normalized spacial score (nSPS) is 21.6. The first kappa shape index (κ1) is 16.3. The number of fused-ring (bicyclic) bond motifs is 5. The zero-order valence-electron chi connectivity index (χ0n) is 13.7. The second-order valence-corrected chi connectivity index (χ2v) is 7.93. The Morgan fingerprint density at radius 1 is 1.40 bits per heavy atom. The highest BCUT2D eigenvalue weighted by molar-refractivity contribution is 7.90. The van der Waals surface area contributed by atoms with Crippen LogP contribution in [0.3, 0.4) is 0 Å². The fourth-order valence-electron chi connectivity index (χ4n) is 3.34. The molecule has 2 aliphatic rings. The van der Waals surface area contributed by atoms with Crippen molar-refractivity contribution in [1.29, 1.82) is 0 Å². The Bertz CT molecular complexity index is 997. The molecule has 5 nitrogen and oxygen atoms in total. The molecule has 7 heteroatoms. The quantitative estimate of drug-likeness (QED) is 0.833. The van der Waals surface area contributed by atoms with E-state index < -0.39 is 11.0 Å². The smallest absolute Gasteiger partial charge is 0.249 e. The fourth-order valence-corrected chi connectivity index (χ4v) is 4.79. The van der Waals surface area contributed by atoms with Gasteiger partial charge in [0.05, 0.1) is 16.2 Å². The first-order valence-corrected chi connectivity index (χ1v) is 9.38. The van der Waals surface area contributed by atoms with Crippen molar-refractivity contribution in [2.24, 2.45) is 0 Å². The van der Waals surface area contributed by atoms with Gasteiger partial charge in [0.15, 0.2) is 0 Å². The molecule has 1 amide bonds. The molecule has 1 aromatic carbocycles. The summed E-state index contributed by atoms with van der Waals surface area (Å²) in [6.07, 6.45) is 5.74. The van der Waals surface area contributed by atoms with Crippen LogP contribution in [-0.4, -0.2) is 34.1 Å². The summed E-state index contributed by atoms with van der Waals surface area (Å²) >= 11 is 6.46. The first-order chi connectivity index (χ1) is 12.0. The highest BCUT2D eigenvalue weighted by Gasteiger charge is 2.35. The van der Waals surface area contributed by atoms with Gasteiger partial charge in [0.25, 0.3) is 0 Å². The van der Waals surface area contributed by atoms with E-state index in [-0.39, 0.29) is 11.8 Å². The van der Waals surface area contributed by atoms with Crippen LogP contribution in [0, 0.1) is 0 Å². The van der Waals surface area contributed by atoms with Crippen LogP contribution in [0.4, 0.5) is 5.69 Å². The van der Waals surface area contributed by atoms with Crippen LogP contribution in [0.2, 0.25) is 5.02 Å². The molecule has 2 unspecified atom stereocenters. The number of pyridine rings is 1. The molecule has 0 saturated heterocycles. The van der Waals surface area contributed by atoms with E-state index >= 15 is 0 Å². The largest absolute Gasteiger partial charge is 0.345 e. The average Bonchev–Trinajstić information content (AvgIpc) is 2.62. The summed E-state index contributed by atoms with van der Waals surface area (Å²) in [6, 6.07) is 5.61. The first-order valence-electron chi connectivity index (χ1n) is 7.85. The topological polar surface area (TPSA) is 62.3 Å². The SMILES string of the molecule is CN(C)C(=O)C1=CC=C2C(C1)c1cc(Cl)c3cccnc3c1NS2=O. The zero-order valence-corrected chi connectivity index (χ0v) is 15.3. The molecule has 2 atom stereocenters. The number of rotatable bonds is 1. The second kappa shape index (κ2) is 5.97. The van der Waals surface area contributed by atoms with Gasteiger partial charge in [0.2, 0.25) is 5.91 Å². The van der Waals surface area contributed by atoms with E-state index in [4.69, 9.17) is 11.6 Å². The van der Waals surface area contributed by atoms with Crippen LogP contribution in [0.5, 0.6) is 0 Å². The number of nitrogens with zero attached hydrogens (tertiary/aromatic N) is 2. The van der Waals surface area contributed by atoms with Gasteiger partial charge in [-0.15, -0.1) is 0 Å². The van der Waals surface area contributed by atoms with Crippen molar-refractivity contribution in [3.8, 4) is 0 Å². The lowest BCUT2D eigenvalue weighted by Gasteiger charge is -2.32. The highest BCUT2D eigenvalue weighted by Crippen LogP contribution is 2.47. The highest BCUT2D eigenvalue weighted by atomic mass is 35.5. The summed E-state index contributed by atoms with van der Waals surface area (Å²) in [5.41, 5.74) is 3.06. The van der Waals surface area contributed by atoms with Crippen molar-refractivity contribution in [2.45, 2.75) is 12.3 Å². The van der Waals surface area contributed by atoms with E-state index in [0.29, 0.717) is 22.5 Å². The number of carbonyl (C=O) groups excluding carboxylic acids is 1. The molecule has 1 aromatic heterocycles. The van der Waals surface area contributed by atoms with Crippen LogP contribution in [0.15, 0.2) is 47.0 Å². The van der Waals surface area contributed by atoms with Gasteiger partial charge in [0.1, 0.15) is 11.0 Å². The maximum atomic E-state index is 12.7. The van der Waals surface area contributed by atoms with Gasteiger partial charge >= 0.3 is 0 Å². The summed E-state index contributed by atoms with van der Waals surface area (Å²) in [4.78, 5) is 19.1. The maximum absolute atomic E-state index is 12.7. The molecule has 0 spiro atoms. The minimum atomic E-state index is -1.36. The summed E-state index contributed by atoms with van der Waals surface area (Å²) in [6.45, 7) is 0. The van der Waals surface area contributed by atoms with Crippen molar-refractivity contribution in [1.82, 2.24) is 9.88 Å².